The van der Waals surface area contributed by atoms with Gasteiger partial charge in [-0.25, -0.2) is 0 Å². The van der Waals surface area contributed by atoms with Crippen molar-refractivity contribution in [3.8, 4) is 11.5 Å². The molecular formula is C18H20ClNO2. The second-order valence-corrected chi connectivity index (χ2v) is 6.10. The van der Waals surface area contributed by atoms with Gasteiger partial charge in [-0.05, 0) is 48.7 Å². The van der Waals surface area contributed by atoms with Crippen LogP contribution in [0.5, 0.6) is 11.5 Å². The number of hydrogen-bond acceptors (Lipinski definition) is 3. The number of fused-ring (bicyclic) bond motifs is 1. The molecule has 1 aliphatic heterocycles. The van der Waals surface area contributed by atoms with Gasteiger partial charge in [0.05, 0.1) is 7.11 Å². The number of halogens is 1. The molecule has 0 unspecified atom stereocenters. The van der Waals surface area contributed by atoms with E-state index >= 15 is 0 Å². The quantitative estimate of drug-likeness (QED) is 0.841. The first-order valence-corrected chi connectivity index (χ1v) is 7.73. The van der Waals surface area contributed by atoms with Crippen molar-refractivity contribution in [2.45, 2.75) is 26.9 Å². The van der Waals surface area contributed by atoms with E-state index in [1.807, 2.05) is 25.1 Å². The van der Waals surface area contributed by atoms with Crippen LogP contribution in [0.1, 0.15) is 22.3 Å². The predicted octanol–water partition coefficient (Wildman–Crippen LogP) is 4.32. The van der Waals surface area contributed by atoms with Gasteiger partial charge >= 0.3 is 0 Å². The first-order valence-electron chi connectivity index (χ1n) is 7.35. The Labute approximate surface area is 136 Å². The summed E-state index contributed by atoms with van der Waals surface area (Å²) in [7, 11) is 1.68. The second-order valence-electron chi connectivity index (χ2n) is 5.72. The second kappa shape index (κ2) is 6.19. The number of methoxy groups -OCH3 is 1. The third-order valence-electron chi connectivity index (χ3n) is 4.12. The molecule has 3 nitrogen and oxygen atoms in total. The third-order valence-corrected chi connectivity index (χ3v) is 4.70. The van der Waals surface area contributed by atoms with Crippen LogP contribution in [-0.2, 0) is 13.1 Å². The summed E-state index contributed by atoms with van der Waals surface area (Å²) in [6.07, 6.45) is 0. The molecule has 4 heteroatoms. The maximum Gasteiger partial charge on any atom is 0.142 e. The van der Waals surface area contributed by atoms with E-state index in [2.05, 4.69) is 24.0 Å². The minimum atomic E-state index is 0.597. The number of benzene rings is 2. The molecule has 1 heterocycles. The smallest absolute Gasteiger partial charge is 0.142 e. The molecule has 0 fully saturated rings. The van der Waals surface area contributed by atoms with E-state index < -0.39 is 0 Å². The van der Waals surface area contributed by atoms with Gasteiger partial charge in [0.25, 0.3) is 0 Å². The zero-order valence-corrected chi connectivity index (χ0v) is 13.9. The Bertz CT molecular complexity index is 682. The lowest BCUT2D eigenvalue weighted by Gasteiger charge is -2.30. The van der Waals surface area contributed by atoms with Crippen molar-refractivity contribution in [1.82, 2.24) is 4.90 Å². The predicted molar refractivity (Wildman–Crippen MR) is 88.7 cm³/mol. The fraction of sp³-hybridized carbons (Fsp3) is 0.333. The van der Waals surface area contributed by atoms with Crippen molar-refractivity contribution in [2.75, 3.05) is 13.8 Å². The highest BCUT2D eigenvalue weighted by Crippen LogP contribution is 2.35. The standard InChI is InChI=1S/C18H20ClNO2/c1-12-8-17-16(13(2)18(12)19)10-20(11-22-17)9-14-4-6-15(21-3)7-5-14/h4-8H,9-11H2,1-3H3. The fourth-order valence-corrected chi connectivity index (χ4v) is 2.97. The molecule has 3 rings (SSSR count). The Morgan fingerprint density at radius 3 is 2.64 bits per heavy atom. The number of nitrogens with zero attached hydrogens (tertiary/aromatic N) is 1. The Hall–Kier alpha value is -1.71. The van der Waals surface area contributed by atoms with E-state index in [-0.39, 0.29) is 0 Å². The largest absolute Gasteiger partial charge is 0.497 e. The lowest BCUT2D eigenvalue weighted by atomic mass is 10.0. The van der Waals surface area contributed by atoms with E-state index in [0.29, 0.717) is 6.73 Å². The Morgan fingerprint density at radius 1 is 1.23 bits per heavy atom. The molecule has 0 atom stereocenters. The van der Waals surface area contributed by atoms with Crippen LogP contribution >= 0.6 is 11.6 Å². The van der Waals surface area contributed by atoms with Crippen LogP contribution in [0.3, 0.4) is 0 Å². The molecule has 2 aromatic rings. The van der Waals surface area contributed by atoms with E-state index in [1.54, 1.807) is 7.11 Å². The molecule has 2 aromatic carbocycles. The molecule has 116 valence electrons. The first-order chi connectivity index (χ1) is 10.6. The minimum absolute atomic E-state index is 0.597. The first kappa shape index (κ1) is 15.2. The fourth-order valence-electron chi connectivity index (χ4n) is 2.81. The van der Waals surface area contributed by atoms with Gasteiger partial charge in [0.15, 0.2) is 0 Å². The summed E-state index contributed by atoms with van der Waals surface area (Å²) < 4.78 is 11.1. The number of aryl methyl sites for hydroxylation is 1. The number of rotatable bonds is 3. The average Bonchev–Trinajstić information content (AvgIpc) is 2.54. The minimum Gasteiger partial charge on any atom is -0.497 e. The van der Waals surface area contributed by atoms with Crippen molar-refractivity contribution < 1.29 is 9.47 Å². The van der Waals surface area contributed by atoms with E-state index in [1.165, 1.54) is 11.1 Å². The molecule has 1 aliphatic rings. The van der Waals surface area contributed by atoms with Gasteiger partial charge < -0.3 is 9.47 Å². The van der Waals surface area contributed by atoms with Crippen LogP contribution in [0.15, 0.2) is 30.3 Å². The summed E-state index contributed by atoms with van der Waals surface area (Å²) >= 11 is 6.37. The lowest BCUT2D eigenvalue weighted by Crippen LogP contribution is -2.32. The lowest BCUT2D eigenvalue weighted by molar-refractivity contribution is 0.0882. The third kappa shape index (κ3) is 2.92. The van der Waals surface area contributed by atoms with Crippen LogP contribution < -0.4 is 9.47 Å². The highest BCUT2D eigenvalue weighted by atomic mass is 35.5. The van der Waals surface area contributed by atoms with Crippen molar-refractivity contribution in [1.29, 1.82) is 0 Å². The maximum absolute atomic E-state index is 6.37. The summed E-state index contributed by atoms with van der Waals surface area (Å²) in [6.45, 7) is 6.37. The van der Waals surface area contributed by atoms with Crippen molar-refractivity contribution in [3.63, 3.8) is 0 Å². The van der Waals surface area contributed by atoms with Crippen molar-refractivity contribution in [2.24, 2.45) is 0 Å². The van der Waals surface area contributed by atoms with Gasteiger partial charge in [-0.2, -0.15) is 0 Å². The van der Waals surface area contributed by atoms with Gasteiger partial charge in [0.2, 0.25) is 0 Å². The SMILES string of the molecule is COc1ccc(CN2COc3cc(C)c(Cl)c(C)c3C2)cc1. The molecule has 0 aliphatic carbocycles. The average molecular weight is 318 g/mol. The summed E-state index contributed by atoms with van der Waals surface area (Å²) in [5, 5.41) is 0.841. The molecule has 0 bridgehead atoms. The summed E-state index contributed by atoms with van der Waals surface area (Å²) in [5.41, 5.74) is 4.62. The number of hydrogen-bond donors (Lipinski definition) is 0. The molecular weight excluding hydrogens is 298 g/mol. The molecule has 0 spiro atoms. The van der Waals surface area contributed by atoms with Gasteiger partial charge in [0, 0.05) is 23.7 Å². The van der Waals surface area contributed by atoms with Crippen molar-refractivity contribution in [3.05, 3.63) is 57.6 Å². The van der Waals surface area contributed by atoms with E-state index in [0.717, 1.165) is 40.7 Å². The van der Waals surface area contributed by atoms with Gasteiger partial charge in [0.1, 0.15) is 18.2 Å². The molecule has 0 saturated heterocycles. The monoisotopic (exact) mass is 317 g/mol. The van der Waals surface area contributed by atoms with Crippen LogP contribution in [0.4, 0.5) is 0 Å². The normalized spacial score (nSPS) is 14.4. The van der Waals surface area contributed by atoms with Gasteiger partial charge in [-0.1, -0.05) is 23.7 Å². The zero-order chi connectivity index (χ0) is 15.7. The summed E-state index contributed by atoms with van der Waals surface area (Å²) in [5.74, 6) is 1.84. The highest BCUT2D eigenvalue weighted by Gasteiger charge is 2.21. The zero-order valence-electron chi connectivity index (χ0n) is 13.1. The Morgan fingerprint density at radius 2 is 1.95 bits per heavy atom. The van der Waals surface area contributed by atoms with Gasteiger partial charge in [-0.15, -0.1) is 0 Å². The molecule has 0 saturated carbocycles. The molecule has 0 radical (unpaired) electrons. The van der Waals surface area contributed by atoms with Crippen LogP contribution in [0.25, 0.3) is 0 Å². The topological polar surface area (TPSA) is 21.7 Å². The molecule has 0 amide bonds. The van der Waals surface area contributed by atoms with Crippen LogP contribution in [-0.4, -0.2) is 18.7 Å². The molecule has 22 heavy (non-hydrogen) atoms. The Balaban J connectivity index is 1.77. The summed E-state index contributed by atoms with van der Waals surface area (Å²) in [4.78, 5) is 2.27. The van der Waals surface area contributed by atoms with Crippen LogP contribution in [0.2, 0.25) is 5.02 Å². The number of ether oxygens (including phenoxy) is 2. The van der Waals surface area contributed by atoms with Crippen LogP contribution in [0, 0.1) is 13.8 Å². The maximum atomic E-state index is 6.37. The van der Waals surface area contributed by atoms with E-state index in [4.69, 9.17) is 21.1 Å². The highest BCUT2D eigenvalue weighted by molar-refractivity contribution is 6.32. The Kier molecular flexibility index (Phi) is 4.27. The molecule has 0 N–H and O–H groups in total. The van der Waals surface area contributed by atoms with Gasteiger partial charge in [-0.3, -0.25) is 4.90 Å². The molecule has 0 aromatic heterocycles. The van der Waals surface area contributed by atoms with E-state index in [9.17, 15) is 0 Å². The summed E-state index contributed by atoms with van der Waals surface area (Å²) in [6, 6.07) is 10.2. The van der Waals surface area contributed by atoms with Crippen molar-refractivity contribution >= 4 is 11.6 Å².